The third kappa shape index (κ3) is 6.37. The molecule has 5 heterocycles. The second-order valence-electron chi connectivity index (χ2n) is 12.2. The number of carbonyl (C=O) groups is 1. The number of aromatic nitrogens is 2. The van der Waals surface area contributed by atoms with Crippen molar-refractivity contribution < 1.29 is 27.8 Å². The smallest absolute Gasteiger partial charge is 0.258 e. The summed E-state index contributed by atoms with van der Waals surface area (Å²) in [6.07, 6.45) is 3.99. The van der Waals surface area contributed by atoms with Crippen LogP contribution in [0.2, 0.25) is 0 Å². The summed E-state index contributed by atoms with van der Waals surface area (Å²) in [6, 6.07) is 15.1. The molecule has 4 aromatic rings. The molecule has 3 aliphatic heterocycles. The number of methoxy groups -OCH3 is 2. The van der Waals surface area contributed by atoms with E-state index in [1.165, 1.54) is 24.3 Å². The van der Waals surface area contributed by atoms with E-state index in [0.29, 0.717) is 40.3 Å². The molecule has 0 atom stereocenters. The lowest BCUT2D eigenvalue weighted by atomic mass is 10.0. The van der Waals surface area contributed by atoms with Crippen LogP contribution in [0.4, 0.5) is 26.0 Å². The van der Waals surface area contributed by atoms with E-state index >= 15 is 0 Å². The first-order valence-electron chi connectivity index (χ1n) is 16.2. The Hall–Kier alpha value is -4.81. The molecule has 0 saturated carbocycles. The number of anilines is 3. The van der Waals surface area contributed by atoms with Gasteiger partial charge in [0.2, 0.25) is 0 Å². The normalized spacial score (nSPS) is 17.0. The predicted octanol–water partition coefficient (Wildman–Crippen LogP) is 5.64. The Kier molecular flexibility index (Phi) is 9.09. The SMILES string of the molecule is COc1ccc(CN2Cc3nc(-c4c(F)cccc4F)cc(Nc4ccc(N5CCC(N6CCOCC6)CC5)cn4)c3C2=O)c(OC)c1. The van der Waals surface area contributed by atoms with E-state index in [1.807, 2.05) is 24.4 Å². The Bertz CT molecular complexity index is 1770. The van der Waals surface area contributed by atoms with Crippen molar-refractivity contribution in [3.05, 3.63) is 89.2 Å². The summed E-state index contributed by atoms with van der Waals surface area (Å²) in [5.74, 6) is -0.0353. The minimum atomic E-state index is -0.739. The molecule has 1 N–H and O–H groups in total. The van der Waals surface area contributed by atoms with Gasteiger partial charge in [-0.2, -0.15) is 0 Å². The molecule has 12 heteroatoms. The van der Waals surface area contributed by atoms with E-state index in [-0.39, 0.29) is 30.3 Å². The molecular weight excluding hydrogens is 618 g/mol. The van der Waals surface area contributed by atoms with Gasteiger partial charge in [-0.1, -0.05) is 6.07 Å². The van der Waals surface area contributed by atoms with E-state index in [0.717, 1.165) is 63.5 Å². The monoisotopic (exact) mass is 656 g/mol. The Labute approximate surface area is 278 Å². The number of nitrogens with one attached hydrogen (secondary N) is 1. The van der Waals surface area contributed by atoms with E-state index in [2.05, 4.69) is 25.1 Å². The average molecular weight is 657 g/mol. The number of amides is 1. The highest BCUT2D eigenvalue weighted by Crippen LogP contribution is 2.37. The van der Waals surface area contributed by atoms with Crippen molar-refractivity contribution in [2.75, 3.05) is 63.8 Å². The van der Waals surface area contributed by atoms with Gasteiger partial charge in [-0.3, -0.25) is 9.69 Å². The van der Waals surface area contributed by atoms with Crippen molar-refractivity contribution in [1.29, 1.82) is 0 Å². The molecule has 250 valence electrons. The Morgan fingerprint density at radius 1 is 0.938 bits per heavy atom. The zero-order valence-corrected chi connectivity index (χ0v) is 27.0. The standard InChI is InChI=1S/C36H38F2N6O4/c1-46-26-8-6-23(32(18-26)47-2)21-44-22-31-35(36(44)45)30(19-29(40-31)34-27(37)4-3-5-28(34)38)41-33-9-7-25(20-39-33)42-12-10-24(11-13-42)43-14-16-48-17-15-43/h3-9,18-20,24H,10-17,21-22H2,1-2H3,(H,39,40,41). The fourth-order valence-corrected chi connectivity index (χ4v) is 6.86. The zero-order chi connectivity index (χ0) is 33.2. The summed E-state index contributed by atoms with van der Waals surface area (Å²) in [5, 5.41) is 3.26. The van der Waals surface area contributed by atoms with Crippen LogP contribution in [0.3, 0.4) is 0 Å². The molecule has 2 saturated heterocycles. The molecule has 0 radical (unpaired) electrons. The van der Waals surface area contributed by atoms with Crippen LogP contribution in [-0.2, 0) is 17.8 Å². The highest BCUT2D eigenvalue weighted by molar-refractivity contribution is 6.04. The Balaban J connectivity index is 1.14. The molecular formula is C36H38F2N6O4. The highest BCUT2D eigenvalue weighted by Gasteiger charge is 2.34. The number of fused-ring (bicyclic) bond motifs is 1. The van der Waals surface area contributed by atoms with Crippen molar-refractivity contribution in [2.45, 2.75) is 32.0 Å². The average Bonchev–Trinajstić information content (AvgIpc) is 3.43. The molecule has 0 spiro atoms. The first-order valence-corrected chi connectivity index (χ1v) is 16.2. The van der Waals surface area contributed by atoms with Crippen LogP contribution in [0.1, 0.15) is 34.5 Å². The molecule has 0 bridgehead atoms. The number of benzene rings is 2. The van der Waals surface area contributed by atoms with Gasteiger partial charge in [-0.25, -0.2) is 18.7 Å². The molecule has 0 unspecified atom stereocenters. The number of hydrogen-bond acceptors (Lipinski definition) is 9. The van der Waals surface area contributed by atoms with Crippen molar-refractivity contribution in [3.63, 3.8) is 0 Å². The largest absolute Gasteiger partial charge is 0.497 e. The quantitative estimate of drug-likeness (QED) is 0.246. The molecule has 7 rings (SSSR count). The van der Waals surface area contributed by atoms with Gasteiger partial charge < -0.3 is 29.3 Å². The maximum Gasteiger partial charge on any atom is 0.258 e. The number of rotatable bonds is 9. The van der Waals surface area contributed by atoms with E-state index in [4.69, 9.17) is 14.2 Å². The van der Waals surface area contributed by atoms with E-state index in [1.54, 1.807) is 31.3 Å². The molecule has 10 nitrogen and oxygen atoms in total. The number of halogens is 2. The van der Waals surface area contributed by atoms with Crippen molar-refractivity contribution >= 4 is 23.1 Å². The van der Waals surface area contributed by atoms with Gasteiger partial charge >= 0.3 is 0 Å². The first-order chi connectivity index (χ1) is 23.4. The maximum atomic E-state index is 15.0. The third-order valence-electron chi connectivity index (χ3n) is 9.41. The number of carbonyl (C=O) groups excluding carboxylic acids is 1. The third-order valence-corrected chi connectivity index (χ3v) is 9.41. The van der Waals surface area contributed by atoms with Gasteiger partial charge in [0, 0.05) is 43.9 Å². The second kappa shape index (κ2) is 13.7. The van der Waals surface area contributed by atoms with Crippen molar-refractivity contribution in [2.24, 2.45) is 0 Å². The molecule has 0 aliphatic carbocycles. The second-order valence-corrected chi connectivity index (χ2v) is 12.2. The molecule has 2 fully saturated rings. The zero-order valence-electron chi connectivity index (χ0n) is 27.0. The van der Waals surface area contributed by atoms with Crippen LogP contribution in [0.5, 0.6) is 11.5 Å². The van der Waals surface area contributed by atoms with Gasteiger partial charge in [0.05, 0.1) is 80.6 Å². The lowest BCUT2D eigenvalue weighted by Crippen LogP contribution is -2.49. The maximum absolute atomic E-state index is 15.0. The topological polar surface area (TPSA) is 92.3 Å². The number of hydrogen-bond donors (Lipinski definition) is 1. The molecule has 1 amide bonds. The number of nitrogens with zero attached hydrogens (tertiary/aromatic N) is 5. The summed E-state index contributed by atoms with van der Waals surface area (Å²) < 4.78 is 46.3. The number of morpholine rings is 1. The van der Waals surface area contributed by atoms with Gasteiger partial charge in [0.25, 0.3) is 5.91 Å². The van der Waals surface area contributed by atoms with Crippen LogP contribution in [0, 0.1) is 11.6 Å². The predicted molar refractivity (Wildman–Crippen MR) is 178 cm³/mol. The molecule has 3 aliphatic rings. The van der Waals surface area contributed by atoms with Crippen LogP contribution >= 0.6 is 0 Å². The fraction of sp³-hybridized carbons (Fsp3) is 0.361. The Morgan fingerprint density at radius 2 is 1.71 bits per heavy atom. The van der Waals surface area contributed by atoms with Gasteiger partial charge in [-0.15, -0.1) is 0 Å². The fourth-order valence-electron chi connectivity index (χ4n) is 6.86. The summed E-state index contributed by atoms with van der Waals surface area (Å²) in [6.45, 7) is 5.85. The van der Waals surface area contributed by atoms with Gasteiger partial charge in [-0.05, 0) is 55.3 Å². The first kappa shape index (κ1) is 31.8. The minimum absolute atomic E-state index is 0.0864. The van der Waals surface area contributed by atoms with Gasteiger partial charge in [0.15, 0.2) is 0 Å². The van der Waals surface area contributed by atoms with Gasteiger partial charge in [0.1, 0.15) is 29.0 Å². The lowest BCUT2D eigenvalue weighted by molar-refractivity contribution is 0.0115. The van der Waals surface area contributed by atoms with Crippen LogP contribution in [-0.4, -0.2) is 85.3 Å². The lowest BCUT2D eigenvalue weighted by Gasteiger charge is -2.40. The van der Waals surface area contributed by atoms with Crippen molar-refractivity contribution in [3.8, 4) is 22.8 Å². The van der Waals surface area contributed by atoms with Crippen LogP contribution < -0.4 is 19.7 Å². The molecule has 2 aromatic carbocycles. The summed E-state index contributed by atoms with van der Waals surface area (Å²) in [7, 11) is 3.13. The molecule has 2 aromatic heterocycles. The summed E-state index contributed by atoms with van der Waals surface area (Å²) in [4.78, 5) is 29.7. The van der Waals surface area contributed by atoms with E-state index < -0.39 is 11.6 Å². The van der Waals surface area contributed by atoms with Crippen LogP contribution in [0.25, 0.3) is 11.3 Å². The highest BCUT2D eigenvalue weighted by atomic mass is 19.1. The number of pyridine rings is 2. The summed E-state index contributed by atoms with van der Waals surface area (Å²) in [5.41, 5.74) is 2.75. The molecule has 48 heavy (non-hydrogen) atoms. The Morgan fingerprint density at radius 3 is 2.40 bits per heavy atom. The summed E-state index contributed by atoms with van der Waals surface area (Å²) >= 11 is 0. The minimum Gasteiger partial charge on any atom is -0.497 e. The van der Waals surface area contributed by atoms with E-state index in [9.17, 15) is 13.6 Å². The number of piperidine rings is 1. The number of ether oxygens (including phenoxy) is 3. The van der Waals surface area contributed by atoms with Crippen LogP contribution in [0.15, 0.2) is 60.8 Å². The van der Waals surface area contributed by atoms with Crippen molar-refractivity contribution in [1.82, 2.24) is 19.8 Å².